The zero-order chi connectivity index (χ0) is 12.4. The van der Waals surface area contributed by atoms with Crippen LogP contribution in [0.1, 0.15) is 0 Å². The second-order valence-corrected chi connectivity index (χ2v) is 3.82. The summed E-state index contributed by atoms with van der Waals surface area (Å²) in [6, 6.07) is 15.2. The number of nitrogens with zero attached hydrogens (tertiary/aromatic N) is 3. The number of phenolic OH excluding ortho intramolecular Hbond substituents is 1. The molecule has 3 rings (SSSR count). The van der Waals surface area contributed by atoms with Gasteiger partial charge in [-0.2, -0.15) is 0 Å². The van der Waals surface area contributed by atoms with E-state index in [1.807, 2.05) is 42.5 Å². The van der Waals surface area contributed by atoms with Crippen LogP contribution in [0.2, 0.25) is 0 Å². The molecule has 0 saturated carbocycles. The van der Waals surface area contributed by atoms with Crippen molar-refractivity contribution in [2.24, 2.45) is 0 Å². The van der Waals surface area contributed by atoms with Gasteiger partial charge in [0.1, 0.15) is 5.75 Å². The number of aromatic amines is 1. The van der Waals surface area contributed by atoms with Crippen molar-refractivity contribution < 1.29 is 5.11 Å². The summed E-state index contributed by atoms with van der Waals surface area (Å²) in [5, 5.41) is 23.8. The van der Waals surface area contributed by atoms with E-state index in [1.54, 1.807) is 6.07 Å². The van der Waals surface area contributed by atoms with Gasteiger partial charge >= 0.3 is 0 Å². The average molecular weight is 238 g/mol. The van der Waals surface area contributed by atoms with Crippen molar-refractivity contribution in [3.8, 4) is 28.3 Å². The minimum atomic E-state index is 0.169. The summed E-state index contributed by atoms with van der Waals surface area (Å²) in [4.78, 5) is 0. The standard InChI is InChI=1S/C13H10N4O/c18-12-10(9-5-2-1-3-6-9)7-4-8-11(12)13-14-16-17-15-13/h1-8,18H,(H,14,15,16,17). The van der Waals surface area contributed by atoms with Crippen molar-refractivity contribution in [2.75, 3.05) is 0 Å². The maximum absolute atomic E-state index is 10.3. The van der Waals surface area contributed by atoms with Gasteiger partial charge in [-0.1, -0.05) is 42.5 Å². The summed E-state index contributed by atoms with van der Waals surface area (Å²) < 4.78 is 0. The first-order chi connectivity index (χ1) is 8.86. The quantitative estimate of drug-likeness (QED) is 0.718. The van der Waals surface area contributed by atoms with Crippen molar-refractivity contribution in [1.82, 2.24) is 20.6 Å². The molecule has 0 saturated heterocycles. The Morgan fingerprint density at radius 2 is 1.67 bits per heavy atom. The Balaban J connectivity index is 2.16. The molecule has 0 fully saturated rings. The second kappa shape index (κ2) is 4.29. The number of tetrazole rings is 1. The number of nitrogens with one attached hydrogen (secondary N) is 1. The minimum absolute atomic E-state index is 0.169. The molecule has 5 heteroatoms. The van der Waals surface area contributed by atoms with Crippen molar-refractivity contribution in [3.05, 3.63) is 48.5 Å². The number of aromatic nitrogens is 4. The normalized spacial score (nSPS) is 10.4. The van der Waals surface area contributed by atoms with E-state index in [0.717, 1.165) is 11.1 Å². The fourth-order valence-electron chi connectivity index (χ4n) is 1.86. The smallest absolute Gasteiger partial charge is 0.183 e. The Hall–Kier alpha value is -2.69. The van der Waals surface area contributed by atoms with Crippen LogP contribution in [-0.2, 0) is 0 Å². The molecule has 0 spiro atoms. The van der Waals surface area contributed by atoms with Gasteiger partial charge in [-0.05, 0) is 22.1 Å². The first kappa shape index (κ1) is 10.5. The maximum Gasteiger partial charge on any atom is 0.183 e. The Morgan fingerprint density at radius 1 is 0.889 bits per heavy atom. The van der Waals surface area contributed by atoms with Crippen LogP contribution in [0.3, 0.4) is 0 Å². The molecule has 0 aliphatic heterocycles. The highest BCUT2D eigenvalue weighted by Gasteiger charge is 2.12. The largest absolute Gasteiger partial charge is 0.507 e. The van der Waals surface area contributed by atoms with Crippen LogP contribution >= 0.6 is 0 Å². The van der Waals surface area contributed by atoms with Crippen molar-refractivity contribution >= 4 is 0 Å². The van der Waals surface area contributed by atoms with Crippen molar-refractivity contribution in [2.45, 2.75) is 0 Å². The zero-order valence-electron chi connectivity index (χ0n) is 9.41. The van der Waals surface area contributed by atoms with Crippen LogP contribution in [0.25, 0.3) is 22.5 Å². The highest BCUT2D eigenvalue weighted by Crippen LogP contribution is 2.35. The number of aromatic hydroxyl groups is 1. The van der Waals surface area contributed by atoms with Crippen LogP contribution in [0.15, 0.2) is 48.5 Å². The predicted molar refractivity (Wildman–Crippen MR) is 66.7 cm³/mol. The Kier molecular flexibility index (Phi) is 2.49. The molecule has 0 radical (unpaired) electrons. The average Bonchev–Trinajstić information content (AvgIpc) is 2.94. The lowest BCUT2D eigenvalue weighted by atomic mass is 10.0. The summed E-state index contributed by atoms with van der Waals surface area (Å²) in [5.41, 5.74) is 2.29. The maximum atomic E-state index is 10.3. The van der Waals surface area contributed by atoms with Crippen molar-refractivity contribution in [1.29, 1.82) is 0 Å². The summed E-state index contributed by atoms with van der Waals surface area (Å²) in [7, 11) is 0. The third-order valence-electron chi connectivity index (χ3n) is 2.72. The minimum Gasteiger partial charge on any atom is -0.507 e. The summed E-state index contributed by atoms with van der Waals surface area (Å²) in [6.07, 6.45) is 0. The van der Waals surface area contributed by atoms with E-state index >= 15 is 0 Å². The lowest BCUT2D eigenvalue weighted by Gasteiger charge is -2.07. The molecule has 2 N–H and O–H groups in total. The third kappa shape index (κ3) is 1.71. The molecule has 0 bridgehead atoms. The van der Waals surface area contributed by atoms with Crippen LogP contribution in [0.5, 0.6) is 5.75 Å². The van der Waals surface area contributed by atoms with E-state index in [2.05, 4.69) is 20.6 Å². The number of phenols is 1. The number of hydrogen-bond donors (Lipinski definition) is 2. The van der Waals surface area contributed by atoms with Gasteiger partial charge in [0, 0.05) is 5.56 Å². The third-order valence-corrected chi connectivity index (χ3v) is 2.72. The van der Waals surface area contributed by atoms with E-state index in [0.29, 0.717) is 11.4 Å². The predicted octanol–water partition coefficient (Wildman–Crippen LogP) is 2.24. The number of hydrogen-bond acceptors (Lipinski definition) is 4. The van der Waals surface area contributed by atoms with E-state index in [9.17, 15) is 5.11 Å². The molecule has 2 aromatic carbocycles. The molecule has 0 aliphatic carbocycles. The SMILES string of the molecule is Oc1c(-c2ccccc2)cccc1-c1nnn[nH]1. The molecule has 88 valence electrons. The van der Waals surface area contributed by atoms with E-state index in [4.69, 9.17) is 0 Å². The topological polar surface area (TPSA) is 74.7 Å². The molecule has 0 aliphatic rings. The zero-order valence-corrected chi connectivity index (χ0v) is 9.41. The molecule has 3 aromatic rings. The first-order valence-corrected chi connectivity index (χ1v) is 5.48. The summed E-state index contributed by atoms with van der Waals surface area (Å²) in [6.45, 7) is 0. The molecule has 1 heterocycles. The summed E-state index contributed by atoms with van der Waals surface area (Å²) in [5.74, 6) is 0.618. The molecular weight excluding hydrogens is 228 g/mol. The van der Waals surface area contributed by atoms with E-state index < -0.39 is 0 Å². The van der Waals surface area contributed by atoms with Gasteiger partial charge < -0.3 is 5.11 Å². The van der Waals surface area contributed by atoms with Crippen molar-refractivity contribution in [3.63, 3.8) is 0 Å². The number of para-hydroxylation sites is 1. The van der Waals surface area contributed by atoms with Gasteiger partial charge in [-0.25, -0.2) is 5.10 Å². The highest BCUT2D eigenvalue weighted by atomic mass is 16.3. The molecule has 18 heavy (non-hydrogen) atoms. The lowest BCUT2D eigenvalue weighted by Crippen LogP contribution is -1.85. The Labute approximate surface area is 103 Å². The van der Waals surface area contributed by atoms with Crippen LogP contribution in [-0.4, -0.2) is 25.7 Å². The van der Waals surface area contributed by atoms with Crippen LogP contribution in [0, 0.1) is 0 Å². The van der Waals surface area contributed by atoms with Gasteiger partial charge in [0.15, 0.2) is 5.82 Å². The van der Waals surface area contributed by atoms with Crippen LogP contribution < -0.4 is 0 Å². The van der Waals surface area contributed by atoms with Gasteiger partial charge in [0.05, 0.1) is 5.56 Å². The fraction of sp³-hybridized carbons (Fsp3) is 0. The van der Waals surface area contributed by atoms with Gasteiger partial charge in [-0.3, -0.25) is 0 Å². The van der Waals surface area contributed by atoms with E-state index in [1.165, 1.54) is 0 Å². The second-order valence-electron chi connectivity index (χ2n) is 3.82. The molecule has 5 nitrogen and oxygen atoms in total. The number of benzene rings is 2. The Morgan fingerprint density at radius 3 is 2.39 bits per heavy atom. The molecule has 0 amide bonds. The fourth-order valence-corrected chi connectivity index (χ4v) is 1.86. The molecule has 0 unspecified atom stereocenters. The van der Waals surface area contributed by atoms with E-state index in [-0.39, 0.29) is 5.75 Å². The molecule has 0 atom stereocenters. The molecular formula is C13H10N4O. The highest BCUT2D eigenvalue weighted by molar-refractivity contribution is 5.79. The number of H-pyrrole nitrogens is 1. The summed E-state index contributed by atoms with van der Waals surface area (Å²) >= 11 is 0. The van der Waals surface area contributed by atoms with Gasteiger partial charge in [0.25, 0.3) is 0 Å². The van der Waals surface area contributed by atoms with Crippen LogP contribution in [0.4, 0.5) is 0 Å². The molecule has 1 aromatic heterocycles. The Bertz CT molecular complexity index is 650. The van der Waals surface area contributed by atoms with Gasteiger partial charge in [0.2, 0.25) is 0 Å². The van der Waals surface area contributed by atoms with Gasteiger partial charge in [-0.15, -0.1) is 5.10 Å². The monoisotopic (exact) mass is 238 g/mol. The number of rotatable bonds is 2. The lowest BCUT2D eigenvalue weighted by molar-refractivity contribution is 0.479. The first-order valence-electron chi connectivity index (χ1n) is 5.48.